The van der Waals surface area contributed by atoms with Crippen LogP contribution in [-0.4, -0.2) is 27.7 Å². The highest BCUT2D eigenvalue weighted by atomic mass is 79.9. The molecule has 0 saturated carbocycles. The van der Waals surface area contributed by atoms with Crippen LogP contribution in [0.15, 0.2) is 32.7 Å². The van der Waals surface area contributed by atoms with E-state index in [2.05, 4.69) is 15.9 Å². The fourth-order valence-corrected chi connectivity index (χ4v) is 4.58. The fourth-order valence-electron chi connectivity index (χ4n) is 1.11. The SMILES string of the molecule is O=S(O)C(O)c1ccsc1.O=S(O)C(O)c1sccc1Br. The van der Waals surface area contributed by atoms with Gasteiger partial charge in [-0.3, -0.25) is 0 Å². The van der Waals surface area contributed by atoms with E-state index < -0.39 is 33.0 Å². The number of aliphatic hydroxyl groups excluding tert-OH is 2. The Morgan fingerprint density at radius 2 is 1.67 bits per heavy atom. The molecule has 0 radical (unpaired) electrons. The van der Waals surface area contributed by atoms with Crippen molar-refractivity contribution < 1.29 is 27.7 Å². The molecule has 0 aliphatic rings. The molecule has 0 aliphatic heterocycles. The van der Waals surface area contributed by atoms with E-state index in [0.29, 0.717) is 14.9 Å². The maximum absolute atomic E-state index is 10.4. The van der Waals surface area contributed by atoms with E-state index in [4.69, 9.17) is 19.3 Å². The second-order valence-electron chi connectivity index (χ2n) is 3.45. The molecule has 4 unspecified atom stereocenters. The molecule has 6 nitrogen and oxygen atoms in total. The highest BCUT2D eigenvalue weighted by Gasteiger charge is 2.17. The van der Waals surface area contributed by atoms with Gasteiger partial charge in [0, 0.05) is 10.0 Å². The van der Waals surface area contributed by atoms with Crippen molar-refractivity contribution in [2.75, 3.05) is 0 Å². The van der Waals surface area contributed by atoms with Crippen molar-refractivity contribution in [1.29, 1.82) is 0 Å². The number of halogens is 1. The predicted molar refractivity (Wildman–Crippen MR) is 87.8 cm³/mol. The molecule has 0 saturated heterocycles. The maximum atomic E-state index is 10.4. The van der Waals surface area contributed by atoms with Crippen LogP contribution in [0.1, 0.15) is 21.3 Å². The number of rotatable bonds is 4. The molecule has 11 heteroatoms. The highest BCUT2D eigenvalue weighted by Crippen LogP contribution is 2.30. The number of hydrogen-bond donors (Lipinski definition) is 4. The lowest BCUT2D eigenvalue weighted by atomic mass is 10.4. The molecule has 4 atom stereocenters. The minimum atomic E-state index is -2.21. The molecule has 118 valence electrons. The topological polar surface area (TPSA) is 115 Å². The van der Waals surface area contributed by atoms with E-state index in [1.807, 2.05) is 0 Å². The largest absolute Gasteiger partial charge is 0.373 e. The van der Waals surface area contributed by atoms with Gasteiger partial charge in [-0.15, -0.1) is 11.3 Å². The summed E-state index contributed by atoms with van der Waals surface area (Å²) in [6.45, 7) is 0. The Morgan fingerprint density at radius 1 is 1.05 bits per heavy atom. The van der Waals surface area contributed by atoms with E-state index >= 15 is 0 Å². The van der Waals surface area contributed by atoms with E-state index in [9.17, 15) is 8.42 Å². The zero-order valence-electron chi connectivity index (χ0n) is 10.2. The van der Waals surface area contributed by atoms with E-state index in [0.717, 1.165) is 0 Å². The first-order valence-corrected chi connectivity index (χ1v) is 10.1. The van der Waals surface area contributed by atoms with Gasteiger partial charge in [-0.2, -0.15) is 11.3 Å². The van der Waals surface area contributed by atoms with Gasteiger partial charge in [0.05, 0.1) is 4.88 Å². The lowest BCUT2D eigenvalue weighted by molar-refractivity contribution is 0.252. The minimum absolute atomic E-state index is 0.478. The third-order valence-corrected chi connectivity index (χ3v) is 6.13. The summed E-state index contributed by atoms with van der Waals surface area (Å²) in [4.78, 5) is 0.478. The highest BCUT2D eigenvalue weighted by molar-refractivity contribution is 9.10. The lowest BCUT2D eigenvalue weighted by Crippen LogP contribution is -2.02. The summed E-state index contributed by atoms with van der Waals surface area (Å²) in [5, 5.41) is 23.2. The molecule has 2 aromatic heterocycles. The van der Waals surface area contributed by atoms with Crippen molar-refractivity contribution in [3.8, 4) is 0 Å². The second kappa shape index (κ2) is 9.22. The normalized spacial score (nSPS) is 16.4. The first kappa shape index (κ1) is 19.1. The molecule has 0 aromatic carbocycles. The van der Waals surface area contributed by atoms with Crippen molar-refractivity contribution in [3.05, 3.63) is 43.2 Å². The third kappa shape index (κ3) is 5.96. The Kier molecular flexibility index (Phi) is 8.38. The van der Waals surface area contributed by atoms with Crippen LogP contribution in [0.3, 0.4) is 0 Å². The Balaban J connectivity index is 0.000000211. The molecule has 21 heavy (non-hydrogen) atoms. The van der Waals surface area contributed by atoms with Crippen LogP contribution >= 0.6 is 38.6 Å². The van der Waals surface area contributed by atoms with Crippen molar-refractivity contribution >= 4 is 60.8 Å². The predicted octanol–water partition coefficient (Wildman–Crippen LogP) is 2.68. The summed E-state index contributed by atoms with van der Waals surface area (Å²) < 4.78 is 38.3. The van der Waals surface area contributed by atoms with Crippen LogP contribution in [0.5, 0.6) is 0 Å². The minimum Gasteiger partial charge on any atom is -0.373 e. The number of thiophene rings is 2. The summed E-state index contributed by atoms with van der Waals surface area (Å²) in [5.74, 6) is 0. The summed E-state index contributed by atoms with van der Waals surface area (Å²) in [7, 11) is 0. The molecule has 0 bridgehead atoms. The van der Waals surface area contributed by atoms with Crippen LogP contribution < -0.4 is 0 Å². The van der Waals surface area contributed by atoms with Gasteiger partial charge in [0.1, 0.15) is 0 Å². The zero-order chi connectivity index (χ0) is 16.0. The van der Waals surface area contributed by atoms with Gasteiger partial charge in [-0.05, 0) is 44.2 Å². The molecule has 2 aromatic rings. The average molecular weight is 435 g/mol. The van der Waals surface area contributed by atoms with Crippen molar-refractivity contribution in [3.63, 3.8) is 0 Å². The molecule has 2 heterocycles. The van der Waals surface area contributed by atoms with Crippen LogP contribution in [0.4, 0.5) is 0 Å². The summed E-state index contributed by atoms with van der Waals surface area (Å²) in [6, 6.07) is 3.33. The first-order chi connectivity index (χ1) is 9.84. The summed E-state index contributed by atoms with van der Waals surface area (Å²) >= 11 is 1.36. The van der Waals surface area contributed by atoms with Crippen molar-refractivity contribution in [2.45, 2.75) is 10.9 Å². The smallest absolute Gasteiger partial charge is 0.190 e. The number of hydrogen-bond acceptors (Lipinski definition) is 6. The maximum Gasteiger partial charge on any atom is 0.190 e. The van der Waals surface area contributed by atoms with Crippen LogP contribution in [-0.2, 0) is 22.2 Å². The Hall–Kier alpha value is 0.0200. The van der Waals surface area contributed by atoms with Crippen LogP contribution in [0, 0.1) is 0 Å². The standard InChI is InChI=1S/C5H5BrO3S2.C5H6O3S2/c6-3-1-2-10-4(3)5(7)11(8)9;6-5(10(7)8)4-1-2-9-3-4/h1-2,5,7H,(H,8,9);1-3,5-6H,(H,7,8). The summed E-state index contributed by atoms with van der Waals surface area (Å²) in [5.41, 5.74) is -2.07. The van der Waals surface area contributed by atoms with Gasteiger partial charge >= 0.3 is 0 Å². The number of aliphatic hydroxyl groups is 2. The van der Waals surface area contributed by atoms with Crippen LogP contribution in [0.2, 0.25) is 0 Å². The monoisotopic (exact) mass is 434 g/mol. The third-order valence-electron chi connectivity index (χ3n) is 2.08. The Labute approximate surface area is 142 Å². The van der Waals surface area contributed by atoms with Gasteiger partial charge in [0.15, 0.2) is 33.0 Å². The van der Waals surface area contributed by atoms with Crippen molar-refractivity contribution in [1.82, 2.24) is 0 Å². The first-order valence-electron chi connectivity index (χ1n) is 5.15. The molecule has 0 spiro atoms. The Morgan fingerprint density at radius 3 is 2.05 bits per heavy atom. The molecule has 0 aliphatic carbocycles. The fraction of sp³-hybridized carbons (Fsp3) is 0.200. The molecule has 4 N–H and O–H groups in total. The lowest BCUT2D eigenvalue weighted by Gasteiger charge is -2.02. The van der Waals surface area contributed by atoms with Gasteiger partial charge in [0.25, 0.3) is 0 Å². The van der Waals surface area contributed by atoms with Gasteiger partial charge in [0.2, 0.25) is 0 Å². The van der Waals surface area contributed by atoms with E-state index in [-0.39, 0.29) is 0 Å². The molecular formula is C10H11BrO6S4. The molecule has 2 rings (SSSR count). The zero-order valence-corrected chi connectivity index (χ0v) is 15.0. The van der Waals surface area contributed by atoms with Gasteiger partial charge < -0.3 is 19.3 Å². The van der Waals surface area contributed by atoms with Crippen molar-refractivity contribution in [2.24, 2.45) is 0 Å². The van der Waals surface area contributed by atoms with Crippen LogP contribution in [0.25, 0.3) is 0 Å². The van der Waals surface area contributed by atoms with E-state index in [1.165, 1.54) is 22.7 Å². The molecular weight excluding hydrogens is 424 g/mol. The van der Waals surface area contributed by atoms with E-state index in [1.54, 1.807) is 28.3 Å². The summed E-state index contributed by atoms with van der Waals surface area (Å²) in [6.07, 6.45) is 0. The molecule has 0 amide bonds. The quantitative estimate of drug-likeness (QED) is 0.549. The van der Waals surface area contributed by atoms with Gasteiger partial charge in [-0.25, -0.2) is 8.42 Å². The van der Waals surface area contributed by atoms with Gasteiger partial charge in [-0.1, -0.05) is 0 Å². The average Bonchev–Trinajstić information content (AvgIpc) is 3.08. The second-order valence-corrected chi connectivity index (χ2v) is 8.03. The Bertz CT molecular complexity index is 598. The molecule has 0 fully saturated rings.